The molecule has 5 rings (SSSR count). The Morgan fingerprint density at radius 3 is 2.70 bits per heavy atom. The lowest BCUT2D eigenvalue weighted by atomic mass is 9.95. The Balaban J connectivity index is 1.48. The highest BCUT2D eigenvalue weighted by Crippen LogP contribution is 2.44. The first-order valence-corrected chi connectivity index (χ1v) is 13.4. The van der Waals surface area contributed by atoms with Crippen molar-refractivity contribution in [2.45, 2.75) is 29.7 Å². The van der Waals surface area contributed by atoms with E-state index in [1.165, 1.54) is 9.35 Å². The van der Waals surface area contributed by atoms with Crippen LogP contribution < -0.4 is 9.62 Å². The Kier molecular flexibility index (Phi) is 5.64. The number of fused-ring (bicyclic) bond motifs is 1. The molecule has 1 aromatic heterocycles. The zero-order chi connectivity index (χ0) is 20.7. The Hall–Kier alpha value is -1.42. The molecule has 0 amide bonds. The summed E-state index contributed by atoms with van der Waals surface area (Å²) in [5, 5.41) is 4.66. The summed E-state index contributed by atoms with van der Waals surface area (Å²) < 4.78 is 29.1. The molecule has 2 unspecified atom stereocenters. The van der Waals surface area contributed by atoms with Gasteiger partial charge in [-0.05, 0) is 60.1 Å². The van der Waals surface area contributed by atoms with Gasteiger partial charge < -0.3 is 5.32 Å². The van der Waals surface area contributed by atoms with E-state index in [1.54, 1.807) is 30.5 Å². The van der Waals surface area contributed by atoms with E-state index in [2.05, 4.69) is 26.2 Å². The molecule has 2 atom stereocenters. The lowest BCUT2D eigenvalue weighted by molar-refractivity contribution is 0.459. The fraction of sp³-hybridized carbons (Fsp3) is 0.429. The van der Waals surface area contributed by atoms with Gasteiger partial charge in [-0.2, -0.15) is 0 Å². The maximum atomic E-state index is 13.4. The van der Waals surface area contributed by atoms with E-state index < -0.39 is 10.0 Å². The Bertz CT molecular complexity index is 1070. The summed E-state index contributed by atoms with van der Waals surface area (Å²) in [5.41, 5.74) is 0.963. The number of piperidine rings is 1. The van der Waals surface area contributed by atoms with Crippen LogP contribution in [0.25, 0.3) is 0 Å². The highest BCUT2D eigenvalue weighted by molar-refractivity contribution is 9.10. The second-order valence-corrected chi connectivity index (χ2v) is 11.7. The first-order valence-electron chi connectivity index (χ1n) is 10.2. The number of aliphatic imine (C=N–C) groups is 1. The molecule has 3 aliphatic heterocycles. The van der Waals surface area contributed by atoms with Crippen molar-refractivity contribution >= 4 is 48.6 Å². The quantitative estimate of drug-likeness (QED) is 0.684. The van der Waals surface area contributed by atoms with E-state index in [0.29, 0.717) is 23.2 Å². The summed E-state index contributed by atoms with van der Waals surface area (Å²) in [6, 6.07) is 10.7. The van der Waals surface area contributed by atoms with E-state index >= 15 is 0 Å². The fourth-order valence-electron chi connectivity index (χ4n) is 4.46. The number of nitrogens with one attached hydrogen (secondary N) is 1. The largest absolute Gasteiger partial charge is 0.317 e. The average Bonchev–Trinajstić information content (AvgIpc) is 3.40. The van der Waals surface area contributed by atoms with E-state index in [1.807, 2.05) is 23.9 Å². The maximum absolute atomic E-state index is 13.4. The summed E-state index contributed by atoms with van der Waals surface area (Å²) in [6.45, 7) is 2.46. The molecule has 1 aromatic carbocycles. The Morgan fingerprint density at radius 2 is 1.93 bits per heavy atom. The van der Waals surface area contributed by atoms with Crippen molar-refractivity contribution in [1.29, 1.82) is 0 Å². The fourth-order valence-corrected chi connectivity index (χ4v) is 7.63. The van der Waals surface area contributed by atoms with E-state index in [9.17, 15) is 8.42 Å². The van der Waals surface area contributed by atoms with Crippen LogP contribution in [0.2, 0.25) is 0 Å². The SMILES string of the molecule is O=S(=O)(c1ccccc1)N1CC(C2CSC(C3CCNCC3)=N2)c2cc(Br)cnc21. The van der Waals surface area contributed by atoms with Gasteiger partial charge in [0.25, 0.3) is 10.0 Å². The molecule has 0 saturated carbocycles. The molecular formula is C21H23BrN4O2S2. The second-order valence-electron chi connectivity index (χ2n) is 7.89. The number of rotatable bonds is 4. The number of aromatic nitrogens is 1. The van der Waals surface area contributed by atoms with Gasteiger partial charge in [-0.15, -0.1) is 11.8 Å². The smallest absolute Gasteiger partial charge is 0.265 e. The highest BCUT2D eigenvalue weighted by atomic mass is 79.9. The molecule has 9 heteroatoms. The van der Waals surface area contributed by atoms with Crippen molar-refractivity contribution in [3.8, 4) is 0 Å². The van der Waals surface area contributed by atoms with E-state index in [0.717, 1.165) is 41.7 Å². The molecule has 158 valence electrons. The molecule has 2 aromatic rings. The van der Waals surface area contributed by atoms with Crippen LogP contribution in [0, 0.1) is 5.92 Å². The van der Waals surface area contributed by atoms with Crippen molar-refractivity contribution in [1.82, 2.24) is 10.3 Å². The van der Waals surface area contributed by atoms with Crippen LogP contribution in [-0.2, 0) is 10.0 Å². The van der Waals surface area contributed by atoms with Crippen LogP contribution in [0.3, 0.4) is 0 Å². The van der Waals surface area contributed by atoms with Crippen molar-refractivity contribution in [2.75, 3.05) is 29.7 Å². The minimum Gasteiger partial charge on any atom is -0.317 e. The molecule has 0 radical (unpaired) electrons. The number of pyridine rings is 1. The molecule has 6 nitrogen and oxygen atoms in total. The minimum atomic E-state index is -3.67. The maximum Gasteiger partial charge on any atom is 0.265 e. The first-order chi connectivity index (χ1) is 14.5. The number of nitrogens with zero attached hydrogens (tertiary/aromatic N) is 3. The van der Waals surface area contributed by atoms with Crippen molar-refractivity contribution in [3.05, 3.63) is 52.6 Å². The minimum absolute atomic E-state index is 0.00945. The monoisotopic (exact) mass is 506 g/mol. The topological polar surface area (TPSA) is 74.7 Å². The molecule has 1 N–H and O–H groups in total. The Morgan fingerprint density at radius 1 is 1.17 bits per heavy atom. The van der Waals surface area contributed by atoms with Gasteiger partial charge in [0.05, 0.1) is 16.0 Å². The molecule has 30 heavy (non-hydrogen) atoms. The van der Waals surface area contributed by atoms with Gasteiger partial charge in [-0.1, -0.05) is 18.2 Å². The standard InChI is InChI=1S/C21H23BrN4O2S2/c22-15-10-17-18(19-13-29-21(25-19)14-6-8-23-9-7-14)12-26(20(17)24-11-15)30(27,28)16-4-2-1-3-5-16/h1-5,10-11,14,18-19,23H,6-9,12-13H2. The molecule has 4 heterocycles. The third-order valence-electron chi connectivity index (χ3n) is 6.04. The number of thioether (sulfide) groups is 1. The second kappa shape index (κ2) is 8.26. The molecule has 0 bridgehead atoms. The Labute approximate surface area is 189 Å². The lowest BCUT2D eigenvalue weighted by Gasteiger charge is -2.22. The summed E-state index contributed by atoms with van der Waals surface area (Å²) in [4.78, 5) is 9.89. The molecule has 0 aliphatic carbocycles. The van der Waals surface area contributed by atoms with Crippen LogP contribution >= 0.6 is 27.7 Å². The van der Waals surface area contributed by atoms with Gasteiger partial charge in [0.1, 0.15) is 5.82 Å². The van der Waals surface area contributed by atoms with Crippen molar-refractivity contribution in [3.63, 3.8) is 0 Å². The van der Waals surface area contributed by atoms with Crippen molar-refractivity contribution < 1.29 is 8.42 Å². The third-order valence-corrected chi connectivity index (χ3v) is 9.49. The van der Waals surface area contributed by atoms with E-state index in [4.69, 9.17) is 4.99 Å². The number of hydrogen-bond donors (Lipinski definition) is 1. The van der Waals surface area contributed by atoms with Gasteiger partial charge in [-0.25, -0.2) is 17.7 Å². The van der Waals surface area contributed by atoms with Gasteiger partial charge in [0.2, 0.25) is 0 Å². The zero-order valence-corrected chi connectivity index (χ0v) is 19.6. The molecule has 1 fully saturated rings. The summed E-state index contributed by atoms with van der Waals surface area (Å²) in [7, 11) is -3.67. The van der Waals surface area contributed by atoms with Crippen LogP contribution in [0.4, 0.5) is 5.82 Å². The van der Waals surface area contributed by atoms with Gasteiger partial charge in [0, 0.05) is 40.4 Å². The summed E-state index contributed by atoms with van der Waals surface area (Å²) in [6.07, 6.45) is 3.92. The highest BCUT2D eigenvalue weighted by Gasteiger charge is 2.43. The lowest BCUT2D eigenvalue weighted by Crippen LogP contribution is -2.32. The molecule has 1 saturated heterocycles. The normalized spacial score (nSPS) is 24.7. The molecule has 0 spiro atoms. The number of halogens is 1. The van der Waals surface area contributed by atoms with Gasteiger partial charge in [0.15, 0.2) is 0 Å². The first kappa shape index (κ1) is 20.5. The predicted molar refractivity (Wildman–Crippen MR) is 125 cm³/mol. The third kappa shape index (κ3) is 3.70. The van der Waals surface area contributed by atoms with Gasteiger partial charge in [-0.3, -0.25) is 4.99 Å². The van der Waals surface area contributed by atoms with Crippen LogP contribution in [0.15, 0.2) is 57.0 Å². The van der Waals surface area contributed by atoms with Crippen molar-refractivity contribution in [2.24, 2.45) is 10.9 Å². The van der Waals surface area contributed by atoms with Crippen LogP contribution in [-0.4, -0.2) is 49.9 Å². The summed E-state index contributed by atoms with van der Waals surface area (Å²) >= 11 is 5.36. The molecular weight excluding hydrogens is 484 g/mol. The number of benzene rings is 1. The zero-order valence-electron chi connectivity index (χ0n) is 16.4. The van der Waals surface area contributed by atoms with Gasteiger partial charge >= 0.3 is 0 Å². The summed E-state index contributed by atoms with van der Waals surface area (Å²) in [5.74, 6) is 1.97. The average molecular weight is 507 g/mol. The number of sulfonamides is 1. The predicted octanol–water partition coefficient (Wildman–Crippen LogP) is 3.65. The van der Waals surface area contributed by atoms with Crippen LogP contribution in [0.1, 0.15) is 24.3 Å². The van der Waals surface area contributed by atoms with E-state index in [-0.39, 0.29) is 12.0 Å². The van der Waals surface area contributed by atoms with Crippen LogP contribution in [0.5, 0.6) is 0 Å². The number of hydrogen-bond acceptors (Lipinski definition) is 6. The molecule has 3 aliphatic rings. The number of anilines is 1.